The van der Waals surface area contributed by atoms with E-state index in [1.807, 2.05) is 6.07 Å². The molecule has 1 atom stereocenters. The van der Waals surface area contributed by atoms with Crippen molar-refractivity contribution in [2.75, 3.05) is 0 Å². The van der Waals surface area contributed by atoms with E-state index in [1.165, 1.54) is 0 Å². The molecule has 0 aromatic carbocycles. The van der Waals surface area contributed by atoms with E-state index in [-0.39, 0.29) is 11.1 Å². The van der Waals surface area contributed by atoms with Crippen molar-refractivity contribution in [3.05, 3.63) is 33.2 Å². The number of aryl methyl sites for hydroxylation is 1. The van der Waals surface area contributed by atoms with E-state index in [0.717, 1.165) is 30.5 Å². The van der Waals surface area contributed by atoms with Crippen LogP contribution < -0.4 is 5.56 Å². The SMILES string of the molecule is C[C@H]1CCc2[nH]c(=O)c(C#N)cc2C1. The zero-order chi connectivity index (χ0) is 10.1. The molecule has 0 aliphatic heterocycles. The molecule has 3 nitrogen and oxygen atoms in total. The fraction of sp³-hybridized carbons (Fsp3) is 0.455. The van der Waals surface area contributed by atoms with Crippen LogP contribution in [0, 0.1) is 17.2 Å². The highest BCUT2D eigenvalue weighted by atomic mass is 16.1. The number of nitrogens with one attached hydrogen (secondary N) is 1. The van der Waals surface area contributed by atoms with Crippen molar-refractivity contribution in [1.29, 1.82) is 5.26 Å². The smallest absolute Gasteiger partial charge is 0.266 e. The van der Waals surface area contributed by atoms with Gasteiger partial charge in [-0.1, -0.05) is 6.92 Å². The average Bonchev–Trinajstić information content (AvgIpc) is 2.17. The number of pyridine rings is 1. The van der Waals surface area contributed by atoms with Gasteiger partial charge in [0, 0.05) is 5.69 Å². The molecule has 0 radical (unpaired) electrons. The number of aromatic nitrogens is 1. The van der Waals surface area contributed by atoms with Gasteiger partial charge in [-0.2, -0.15) is 5.26 Å². The number of hydrogen-bond donors (Lipinski definition) is 1. The molecule has 0 bridgehead atoms. The molecule has 0 fully saturated rings. The maximum Gasteiger partial charge on any atom is 0.266 e. The zero-order valence-corrected chi connectivity index (χ0v) is 8.13. The molecule has 3 heteroatoms. The number of rotatable bonds is 0. The highest BCUT2D eigenvalue weighted by Gasteiger charge is 2.17. The average molecular weight is 188 g/mol. The summed E-state index contributed by atoms with van der Waals surface area (Å²) >= 11 is 0. The highest BCUT2D eigenvalue weighted by molar-refractivity contribution is 5.34. The van der Waals surface area contributed by atoms with Crippen LogP contribution in [-0.2, 0) is 12.8 Å². The molecule has 72 valence electrons. The van der Waals surface area contributed by atoms with Crippen molar-refractivity contribution in [1.82, 2.24) is 4.98 Å². The van der Waals surface area contributed by atoms with Crippen molar-refractivity contribution in [3.8, 4) is 6.07 Å². The first kappa shape index (κ1) is 9.01. The maximum atomic E-state index is 11.3. The Hall–Kier alpha value is -1.56. The Kier molecular flexibility index (Phi) is 2.12. The summed E-state index contributed by atoms with van der Waals surface area (Å²) in [6.07, 6.45) is 3.02. The van der Waals surface area contributed by atoms with Crippen LogP contribution in [0.4, 0.5) is 0 Å². The third-order valence-electron chi connectivity index (χ3n) is 2.79. The van der Waals surface area contributed by atoms with Gasteiger partial charge in [-0.15, -0.1) is 0 Å². The number of fused-ring (bicyclic) bond motifs is 1. The van der Waals surface area contributed by atoms with Gasteiger partial charge in [0.25, 0.3) is 5.56 Å². The van der Waals surface area contributed by atoms with Gasteiger partial charge in [-0.05, 0) is 36.8 Å². The van der Waals surface area contributed by atoms with Crippen LogP contribution in [0.5, 0.6) is 0 Å². The van der Waals surface area contributed by atoms with Crippen LogP contribution in [0.2, 0.25) is 0 Å². The van der Waals surface area contributed by atoms with Crippen LogP contribution in [0.15, 0.2) is 10.9 Å². The molecule has 2 rings (SSSR count). The molecule has 0 spiro atoms. The number of aromatic amines is 1. The van der Waals surface area contributed by atoms with Crippen molar-refractivity contribution in [3.63, 3.8) is 0 Å². The molecule has 1 aromatic heterocycles. The Morgan fingerprint density at radius 2 is 2.43 bits per heavy atom. The fourth-order valence-electron chi connectivity index (χ4n) is 1.97. The van der Waals surface area contributed by atoms with Crippen molar-refractivity contribution < 1.29 is 0 Å². The van der Waals surface area contributed by atoms with Crippen LogP contribution in [-0.4, -0.2) is 4.98 Å². The van der Waals surface area contributed by atoms with E-state index < -0.39 is 0 Å². The summed E-state index contributed by atoms with van der Waals surface area (Å²) in [7, 11) is 0. The maximum absolute atomic E-state index is 11.3. The minimum absolute atomic E-state index is 0.234. The minimum Gasteiger partial charge on any atom is -0.325 e. The lowest BCUT2D eigenvalue weighted by atomic mass is 9.87. The third-order valence-corrected chi connectivity index (χ3v) is 2.79. The van der Waals surface area contributed by atoms with Crippen LogP contribution in [0.25, 0.3) is 0 Å². The lowest BCUT2D eigenvalue weighted by Gasteiger charge is -2.20. The Labute approximate surface area is 82.4 Å². The predicted octanol–water partition coefficient (Wildman–Crippen LogP) is 1.37. The summed E-state index contributed by atoms with van der Waals surface area (Å²) in [6.45, 7) is 2.19. The van der Waals surface area contributed by atoms with E-state index in [2.05, 4.69) is 11.9 Å². The quantitative estimate of drug-likeness (QED) is 0.668. The van der Waals surface area contributed by atoms with Crippen molar-refractivity contribution in [2.24, 2.45) is 5.92 Å². The standard InChI is InChI=1S/C11H12N2O/c1-7-2-3-10-8(4-7)5-9(6-12)11(14)13-10/h5,7H,2-4H2,1H3,(H,13,14)/t7-/m0/s1. The van der Waals surface area contributed by atoms with E-state index >= 15 is 0 Å². The van der Waals surface area contributed by atoms with E-state index in [4.69, 9.17) is 5.26 Å². The second kappa shape index (κ2) is 3.30. The van der Waals surface area contributed by atoms with Crippen LogP contribution in [0.1, 0.15) is 30.2 Å². The summed E-state index contributed by atoms with van der Waals surface area (Å²) in [5.41, 5.74) is 2.14. The Balaban J connectivity index is 2.53. The van der Waals surface area contributed by atoms with E-state index in [1.54, 1.807) is 6.07 Å². The molecular weight excluding hydrogens is 176 g/mol. The molecule has 14 heavy (non-hydrogen) atoms. The largest absolute Gasteiger partial charge is 0.325 e. The number of nitrogens with zero attached hydrogens (tertiary/aromatic N) is 1. The van der Waals surface area contributed by atoms with Crippen molar-refractivity contribution >= 4 is 0 Å². The van der Waals surface area contributed by atoms with Gasteiger partial charge in [0.15, 0.2) is 0 Å². The lowest BCUT2D eigenvalue weighted by molar-refractivity contribution is 0.493. The Bertz CT molecular complexity index is 453. The topological polar surface area (TPSA) is 56.6 Å². The molecule has 0 saturated carbocycles. The van der Waals surface area contributed by atoms with E-state index in [0.29, 0.717) is 5.92 Å². The molecule has 0 unspecified atom stereocenters. The monoisotopic (exact) mass is 188 g/mol. The Morgan fingerprint density at radius 1 is 1.64 bits per heavy atom. The summed E-state index contributed by atoms with van der Waals surface area (Å²) < 4.78 is 0. The Morgan fingerprint density at radius 3 is 3.14 bits per heavy atom. The van der Waals surface area contributed by atoms with Gasteiger partial charge in [-0.3, -0.25) is 4.79 Å². The zero-order valence-electron chi connectivity index (χ0n) is 8.13. The summed E-state index contributed by atoms with van der Waals surface area (Å²) in [6, 6.07) is 3.66. The van der Waals surface area contributed by atoms with Gasteiger partial charge < -0.3 is 4.98 Å². The molecule has 1 aliphatic carbocycles. The summed E-state index contributed by atoms with van der Waals surface area (Å²) in [5.74, 6) is 0.653. The first-order valence-corrected chi connectivity index (χ1v) is 4.86. The van der Waals surface area contributed by atoms with Gasteiger partial charge in [0.2, 0.25) is 0 Å². The number of nitriles is 1. The molecule has 0 saturated heterocycles. The van der Waals surface area contributed by atoms with Crippen LogP contribution in [0.3, 0.4) is 0 Å². The van der Waals surface area contributed by atoms with Gasteiger partial charge in [0.05, 0.1) is 0 Å². The molecule has 1 aromatic rings. The molecule has 1 aliphatic rings. The van der Waals surface area contributed by atoms with Crippen LogP contribution >= 0.6 is 0 Å². The summed E-state index contributed by atoms with van der Waals surface area (Å²) in [5, 5.41) is 8.72. The van der Waals surface area contributed by atoms with E-state index in [9.17, 15) is 4.79 Å². The minimum atomic E-state index is -0.249. The fourth-order valence-corrected chi connectivity index (χ4v) is 1.97. The first-order chi connectivity index (χ1) is 6.70. The third kappa shape index (κ3) is 1.44. The summed E-state index contributed by atoms with van der Waals surface area (Å²) in [4.78, 5) is 14.1. The molecular formula is C11H12N2O. The van der Waals surface area contributed by atoms with Gasteiger partial charge >= 0.3 is 0 Å². The number of H-pyrrole nitrogens is 1. The first-order valence-electron chi connectivity index (χ1n) is 4.86. The number of hydrogen-bond acceptors (Lipinski definition) is 2. The van der Waals surface area contributed by atoms with Gasteiger partial charge in [-0.25, -0.2) is 0 Å². The lowest BCUT2D eigenvalue weighted by Crippen LogP contribution is -2.20. The normalized spacial score (nSPS) is 19.9. The van der Waals surface area contributed by atoms with Crippen molar-refractivity contribution in [2.45, 2.75) is 26.2 Å². The van der Waals surface area contributed by atoms with Gasteiger partial charge in [0.1, 0.15) is 11.6 Å². The predicted molar refractivity (Wildman–Crippen MR) is 53.0 cm³/mol. The second-order valence-electron chi connectivity index (χ2n) is 3.98. The second-order valence-corrected chi connectivity index (χ2v) is 3.98. The molecule has 1 heterocycles. The highest BCUT2D eigenvalue weighted by Crippen LogP contribution is 2.22. The molecule has 0 amide bonds. The molecule has 1 N–H and O–H groups in total.